The molecule has 0 unspecified atom stereocenters. The van der Waals surface area contributed by atoms with Crippen molar-refractivity contribution in [1.29, 1.82) is 0 Å². The molecule has 2 heterocycles. The SMILES string of the molecule is CCc1nnc(-c2c(C)c(C=O)c(C)n2CC(F)(F)F)o1. The lowest BCUT2D eigenvalue weighted by Gasteiger charge is -2.12. The molecule has 5 nitrogen and oxygen atoms in total. The summed E-state index contributed by atoms with van der Waals surface area (Å²) in [6.45, 7) is 3.60. The van der Waals surface area contributed by atoms with Gasteiger partial charge in [-0.3, -0.25) is 4.79 Å². The van der Waals surface area contributed by atoms with Gasteiger partial charge in [-0.15, -0.1) is 10.2 Å². The molecule has 0 aliphatic carbocycles. The number of aldehydes is 1. The zero-order valence-corrected chi connectivity index (χ0v) is 11.8. The van der Waals surface area contributed by atoms with Gasteiger partial charge in [0, 0.05) is 17.7 Å². The van der Waals surface area contributed by atoms with Crippen molar-refractivity contribution in [2.24, 2.45) is 0 Å². The number of rotatable bonds is 4. The van der Waals surface area contributed by atoms with Crippen molar-refractivity contribution in [1.82, 2.24) is 14.8 Å². The van der Waals surface area contributed by atoms with Crippen LogP contribution in [-0.4, -0.2) is 27.2 Å². The van der Waals surface area contributed by atoms with Crippen molar-refractivity contribution in [3.8, 4) is 11.6 Å². The highest BCUT2D eigenvalue weighted by molar-refractivity contribution is 5.83. The fourth-order valence-electron chi connectivity index (χ4n) is 2.23. The first kappa shape index (κ1) is 15.3. The molecule has 8 heteroatoms. The molecule has 114 valence electrons. The third-order valence-electron chi connectivity index (χ3n) is 3.25. The van der Waals surface area contributed by atoms with Gasteiger partial charge in [-0.2, -0.15) is 13.2 Å². The molecule has 0 saturated carbocycles. The molecule has 0 aliphatic heterocycles. The molecular weight excluding hydrogens is 287 g/mol. The zero-order valence-electron chi connectivity index (χ0n) is 11.8. The van der Waals surface area contributed by atoms with Gasteiger partial charge in [0.1, 0.15) is 12.2 Å². The summed E-state index contributed by atoms with van der Waals surface area (Å²) in [5.41, 5.74) is 0.980. The maximum absolute atomic E-state index is 12.8. The molecule has 2 aromatic heterocycles. The highest BCUT2D eigenvalue weighted by atomic mass is 19.4. The maximum Gasteiger partial charge on any atom is 0.406 e. The average Bonchev–Trinajstić information content (AvgIpc) is 2.93. The van der Waals surface area contributed by atoms with Crippen molar-refractivity contribution in [2.45, 2.75) is 39.9 Å². The second-order valence-electron chi connectivity index (χ2n) is 4.65. The van der Waals surface area contributed by atoms with E-state index in [0.717, 1.165) is 4.57 Å². The third-order valence-corrected chi connectivity index (χ3v) is 3.25. The quantitative estimate of drug-likeness (QED) is 0.814. The summed E-state index contributed by atoms with van der Waals surface area (Å²) in [6.07, 6.45) is -3.40. The summed E-state index contributed by atoms with van der Waals surface area (Å²) in [5.74, 6) is 0.319. The van der Waals surface area contributed by atoms with Crippen LogP contribution < -0.4 is 0 Å². The first-order chi connectivity index (χ1) is 9.78. The summed E-state index contributed by atoms with van der Waals surface area (Å²) < 4.78 is 44.6. The van der Waals surface area contributed by atoms with Crippen LogP contribution in [0.3, 0.4) is 0 Å². The zero-order chi connectivity index (χ0) is 15.8. The standard InChI is InChI=1S/C13H14F3N3O2/c1-4-10-17-18-12(21-10)11-7(2)9(5-20)8(3)19(11)6-13(14,15)16/h5H,4,6H2,1-3H3. The van der Waals surface area contributed by atoms with Crippen LogP contribution >= 0.6 is 0 Å². The number of aryl methyl sites for hydroxylation is 1. The minimum Gasteiger partial charge on any atom is -0.419 e. The van der Waals surface area contributed by atoms with E-state index >= 15 is 0 Å². The van der Waals surface area contributed by atoms with Crippen LogP contribution in [0.2, 0.25) is 0 Å². The molecule has 0 fully saturated rings. The molecule has 0 N–H and O–H groups in total. The maximum atomic E-state index is 12.8. The average molecular weight is 301 g/mol. The highest BCUT2D eigenvalue weighted by Gasteiger charge is 2.32. The molecule has 2 aromatic rings. The van der Waals surface area contributed by atoms with Gasteiger partial charge in [0.25, 0.3) is 5.89 Å². The molecule has 0 atom stereocenters. The Morgan fingerprint density at radius 3 is 2.43 bits per heavy atom. The van der Waals surface area contributed by atoms with E-state index in [9.17, 15) is 18.0 Å². The summed E-state index contributed by atoms with van der Waals surface area (Å²) in [7, 11) is 0. The predicted octanol–water partition coefficient (Wildman–Crippen LogP) is 3.09. The summed E-state index contributed by atoms with van der Waals surface area (Å²) in [6, 6.07) is 0. The van der Waals surface area contributed by atoms with E-state index in [2.05, 4.69) is 10.2 Å². The Kier molecular flexibility index (Phi) is 3.89. The molecule has 0 bridgehead atoms. The van der Waals surface area contributed by atoms with Crippen molar-refractivity contribution in [3.63, 3.8) is 0 Å². The molecule has 2 rings (SSSR count). The molecule has 0 amide bonds. The molecule has 0 aliphatic rings. The topological polar surface area (TPSA) is 60.9 Å². The highest BCUT2D eigenvalue weighted by Crippen LogP contribution is 2.32. The Labute approximate surface area is 118 Å². The van der Waals surface area contributed by atoms with Gasteiger partial charge in [0.2, 0.25) is 5.89 Å². The molecule has 21 heavy (non-hydrogen) atoms. The van der Waals surface area contributed by atoms with Gasteiger partial charge in [-0.1, -0.05) is 6.92 Å². The van der Waals surface area contributed by atoms with E-state index in [0.29, 0.717) is 24.2 Å². The number of halogens is 3. The Hall–Kier alpha value is -2.12. The first-order valence-corrected chi connectivity index (χ1v) is 6.32. The minimum absolute atomic E-state index is 0.00944. The molecule has 0 spiro atoms. The van der Waals surface area contributed by atoms with E-state index in [1.54, 1.807) is 13.8 Å². The second kappa shape index (κ2) is 5.34. The smallest absolute Gasteiger partial charge is 0.406 e. The van der Waals surface area contributed by atoms with Crippen molar-refractivity contribution < 1.29 is 22.4 Å². The van der Waals surface area contributed by atoms with Crippen molar-refractivity contribution in [2.75, 3.05) is 0 Å². The van der Waals surface area contributed by atoms with E-state index in [1.807, 2.05) is 0 Å². The first-order valence-electron chi connectivity index (χ1n) is 6.32. The van der Waals surface area contributed by atoms with Gasteiger partial charge < -0.3 is 8.98 Å². The van der Waals surface area contributed by atoms with E-state index in [-0.39, 0.29) is 22.8 Å². The van der Waals surface area contributed by atoms with Crippen LogP contribution in [0, 0.1) is 13.8 Å². The minimum atomic E-state index is -4.42. The van der Waals surface area contributed by atoms with Gasteiger partial charge in [0.05, 0.1) is 0 Å². The lowest BCUT2D eigenvalue weighted by Crippen LogP contribution is -2.19. The van der Waals surface area contributed by atoms with E-state index in [1.165, 1.54) is 6.92 Å². The van der Waals surface area contributed by atoms with Gasteiger partial charge >= 0.3 is 6.18 Å². The number of alkyl halides is 3. The molecular formula is C13H14F3N3O2. The summed E-state index contributed by atoms with van der Waals surface area (Å²) >= 11 is 0. The lowest BCUT2D eigenvalue weighted by molar-refractivity contribution is -0.140. The van der Waals surface area contributed by atoms with Crippen molar-refractivity contribution in [3.05, 3.63) is 22.7 Å². The second-order valence-corrected chi connectivity index (χ2v) is 4.65. The van der Waals surface area contributed by atoms with Crippen LogP contribution in [0.1, 0.15) is 34.4 Å². The third kappa shape index (κ3) is 2.84. The Bertz CT molecular complexity index is 671. The number of nitrogens with zero attached hydrogens (tertiary/aromatic N) is 3. The van der Waals surface area contributed by atoms with E-state index < -0.39 is 12.7 Å². The Balaban J connectivity index is 2.65. The Morgan fingerprint density at radius 2 is 1.95 bits per heavy atom. The normalized spacial score (nSPS) is 11.9. The fourth-order valence-corrected chi connectivity index (χ4v) is 2.23. The molecule has 0 radical (unpaired) electrons. The van der Waals surface area contributed by atoms with Crippen LogP contribution in [0.15, 0.2) is 4.42 Å². The number of carbonyl (C=O) groups is 1. The van der Waals surface area contributed by atoms with Crippen LogP contribution in [0.5, 0.6) is 0 Å². The van der Waals surface area contributed by atoms with Gasteiger partial charge in [-0.25, -0.2) is 0 Å². The van der Waals surface area contributed by atoms with Gasteiger partial charge in [0.15, 0.2) is 6.29 Å². The molecule has 0 aromatic carbocycles. The monoisotopic (exact) mass is 301 g/mol. The summed E-state index contributed by atoms with van der Waals surface area (Å²) in [4.78, 5) is 11.1. The fraction of sp³-hybridized carbons (Fsp3) is 0.462. The Morgan fingerprint density at radius 1 is 1.29 bits per heavy atom. The number of hydrogen-bond acceptors (Lipinski definition) is 4. The van der Waals surface area contributed by atoms with Crippen molar-refractivity contribution >= 4 is 6.29 Å². The largest absolute Gasteiger partial charge is 0.419 e. The van der Waals surface area contributed by atoms with Crippen LogP contribution in [-0.2, 0) is 13.0 Å². The van der Waals surface area contributed by atoms with Gasteiger partial charge in [-0.05, 0) is 19.4 Å². The predicted molar refractivity (Wildman–Crippen MR) is 68.0 cm³/mol. The number of carbonyl (C=O) groups excluding carboxylic acids is 1. The van der Waals surface area contributed by atoms with E-state index in [4.69, 9.17) is 4.42 Å². The van der Waals surface area contributed by atoms with Crippen LogP contribution in [0.25, 0.3) is 11.6 Å². The number of aromatic nitrogens is 3. The molecule has 0 saturated heterocycles. The number of hydrogen-bond donors (Lipinski definition) is 0. The van der Waals surface area contributed by atoms with Crippen LogP contribution in [0.4, 0.5) is 13.2 Å². The summed E-state index contributed by atoms with van der Waals surface area (Å²) in [5, 5.41) is 7.53. The lowest BCUT2D eigenvalue weighted by atomic mass is 10.1.